The van der Waals surface area contributed by atoms with Gasteiger partial charge in [0.2, 0.25) is 5.91 Å². The third-order valence-electron chi connectivity index (χ3n) is 7.05. The molecule has 4 aliphatic rings. The second kappa shape index (κ2) is 9.03. The molecule has 1 aromatic heterocycles. The van der Waals surface area contributed by atoms with Crippen LogP contribution in [0.3, 0.4) is 0 Å². The van der Waals surface area contributed by atoms with Gasteiger partial charge in [0.05, 0.1) is 24.5 Å². The van der Waals surface area contributed by atoms with Crippen molar-refractivity contribution in [2.24, 2.45) is 5.92 Å². The molecular formula is C20H31F2N9O2. The predicted molar refractivity (Wildman–Crippen MR) is 117 cm³/mol. The summed E-state index contributed by atoms with van der Waals surface area (Å²) in [7, 11) is 0. The minimum Gasteiger partial charge on any atom is -0.381 e. The van der Waals surface area contributed by atoms with Crippen molar-refractivity contribution >= 4 is 23.5 Å². The first-order valence-corrected chi connectivity index (χ1v) is 11.6. The number of nitrogens with zero attached hydrogens (tertiary/aromatic N) is 4. The number of nitrogen functional groups attached to an aromatic ring is 1. The van der Waals surface area contributed by atoms with Gasteiger partial charge < -0.3 is 31.9 Å². The zero-order valence-corrected chi connectivity index (χ0v) is 18.4. The molecule has 0 aromatic carbocycles. The standard InChI is InChI=1S/C20H31F2N9O2/c21-12-7-26-18-15(17(23)28-31(18)10-12)19(32)27-14-9-25-8-13(22)16(14)29-1-3-30(4-2-29)20(33)11-5-24-6-11/h11-14,16,24-26H,1-10H2,(H2,23,28)(H,27,32). The summed E-state index contributed by atoms with van der Waals surface area (Å²) >= 11 is 0. The Morgan fingerprint density at radius 2 is 1.76 bits per heavy atom. The van der Waals surface area contributed by atoms with Crippen molar-refractivity contribution in [3.63, 3.8) is 0 Å². The van der Waals surface area contributed by atoms with Crippen molar-refractivity contribution in [3.8, 4) is 0 Å². The Labute approximate surface area is 190 Å². The minimum atomic E-state index is -1.18. The predicted octanol–water partition coefficient (Wildman–Crippen LogP) is -2.00. The molecule has 5 rings (SSSR count). The van der Waals surface area contributed by atoms with Gasteiger partial charge in [-0.2, -0.15) is 5.10 Å². The molecule has 0 radical (unpaired) electrons. The van der Waals surface area contributed by atoms with Crippen molar-refractivity contribution in [2.45, 2.75) is 31.0 Å². The van der Waals surface area contributed by atoms with Crippen LogP contribution in [0.2, 0.25) is 0 Å². The number of piperidine rings is 1. The van der Waals surface area contributed by atoms with E-state index in [0.29, 0.717) is 38.5 Å². The number of alkyl halides is 2. The van der Waals surface area contributed by atoms with Crippen LogP contribution in [0.5, 0.6) is 0 Å². The van der Waals surface area contributed by atoms with Gasteiger partial charge in [-0.15, -0.1) is 0 Å². The molecule has 182 valence electrons. The smallest absolute Gasteiger partial charge is 0.259 e. The molecule has 0 aliphatic carbocycles. The first-order chi connectivity index (χ1) is 15.9. The molecule has 0 spiro atoms. The Hall–Kier alpha value is -2.51. The van der Waals surface area contributed by atoms with E-state index in [9.17, 15) is 14.0 Å². The lowest BCUT2D eigenvalue weighted by Gasteiger charge is -2.46. The van der Waals surface area contributed by atoms with Crippen LogP contribution in [0.1, 0.15) is 10.4 Å². The Morgan fingerprint density at radius 1 is 1.03 bits per heavy atom. The summed E-state index contributed by atoms with van der Waals surface area (Å²) in [4.78, 5) is 29.5. The maximum absolute atomic E-state index is 15.1. The molecule has 6 N–H and O–H groups in total. The van der Waals surface area contributed by atoms with Crippen LogP contribution in [0, 0.1) is 5.92 Å². The number of nitrogens with two attached hydrogens (primary N) is 1. The van der Waals surface area contributed by atoms with Gasteiger partial charge in [0, 0.05) is 58.9 Å². The number of fused-ring (bicyclic) bond motifs is 1. The van der Waals surface area contributed by atoms with Crippen LogP contribution in [0.4, 0.5) is 20.4 Å². The monoisotopic (exact) mass is 467 g/mol. The number of anilines is 2. The molecular weight excluding hydrogens is 436 g/mol. The molecule has 2 amide bonds. The fraction of sp³-hybridized carbons (Fsp3) is 0.750. The van der Waals surface area contributed by atoms with E-state index in [1.807, 2.05) is 9.80 Å². The number of carbonyl (C=O) groups excluding carboxylic acids is 2. The Morgan fingerprint density at radius 3 is 2.45 bits per heavy atom. The zero-order valence-electron chi connectivity index (χ0n) is 18.4. The van der Waals surface area contributed by atoms with Gasteiger partial charge in [0.15, 0.2) is 5.82 Å². The van der Waals surface area contributed by atoms with Gasteiger partial charge in [-0.1, -0.05) is 0 Å². The highest BCUT2D eigenvalue weighted by Gasteiger charge is 2.41. The van der Waals surface area contributed by atoms with E-state index < -0.39 is 30.3 Å². The van der Waals surface area contributed by atoms with Gasteiger partial charge >= 0.3 is 0 Å². The van der Waals surface area contributed by atoms with Gasteiger partial charge in [0.25, 0.3) is 5.91 Å². The van der Waals surface area contributed by atoms with Crippen LogP contribution < -0.4 is 27.0 Å². The highest BCUT2D eigenvalue weighted by molar-refractivity contribution is 6.03. The molecule has 4 unspecified atom stereocenters. The Kier molecular flexibility index (Phi) is 6.10. The molecule has 1 aromatic rings. The lowest BCUT2D eigenvalue weighted by molar-refractivity contribution is -0.139. The number of halogens is 2. The number of nitrogens with one attached hydrogen (secondary N) is 4. The molecule has 33 heavy (non-hydrogen) atoms. The molecule has 11 nitrogen and oxygen atoms in total. The van der Waals surface area contributed by atoms with E-state index in [-0.39, 0.29) is 42.8 Å². The van der Waals surface area contributed by atoms with E-state index in [4.69, 9.17) is 5.73 Å². The van der Waals surface area contributed by atoms with E-state index in [2.05, 4.69) is 26.4 Å². The summed E-state index contributed by atoms with van der Waals surface area (Å²) in [5.74, 6) is 0.137. The third kappa shape index (κ3) is 4.24. The zero-order chi connectivity index (χ0) is 23.1. The molecule has 0 bridgehead atoms. The van der Waals surface area contributed by atoms with Crippen molar-refractivity contribution < 1.29 is 18.4 Å². The van der Waals surface area contributed by atoms with Gasteiger partial charge in [-0.3, -0.25) is 14.5 Å². The summed E-state index contributed by atoms with van der Waals surface area (Å²) in [6.45, 7) is 4.35. The number of hydrogen-bond donors (Lipinski definition) is 5. The van der Waals surface area contributed by atoms with Gasteiger partial charge in [-0.25, -0.2) is 13.5 Å². The molecule has 13 heteroatoms. The van der Waals surface area contributed by atoms with Crippen molar-refractivity contribution in [1.29, 1.82) is 0 Å². The molecule has 0 saturated carbocycles. The Balaban J connectivity index is 1.26. The van der Waals surface area contributed by atoms with Crippen molar-refractivity contribution in [1.82, 2.24) is 35.5 Å². The number of carbonyl (C=O) groups is 2. The first kappa shape index (κ1) is 22.3. The summed E-state index contributed by atoms with van der Waals surface area (Å²) < 4.78 is 30.1. The van der Waals surface area contributed by atoms with Crippen molar-refractivity contribution in [3.05, 3.63) is 5.56 Å². The highest BCUT2D eigenvalue weighted by atomic mass is 19.1. The van der Waals surface area contributed by atoms with E-state index in [1.165, 1.54) is 4.68 Å². The summed E-state index contributed by atoms with van der Waals surface area (Å²) in [6.07, 6.45) is -2.29. The fourth-order valence-corrected chi connectivity index (χ4v) is 5.17. The Bertz CT molecular complexity index is 900. The quantitative estimate of drug-likeness (QED) is 0.344. The number of rotatable bonds is 4. The van der Waals surface area contributed by atoms with Gasteiger partial charge in [0.1, 0.15) is 23.7 Å². The van der Waals surface area contributed by atoms with Crippen molar-refractivity contribution in [2.75, 3.05) is 70.0 Å². The third-order valence-corrected chi connectivity index (χ3v) is 7.05. The van der Waals surface area contributed by atoms with Crippen LogP contribution in [-0.2, 0) is 11.3 Å². The SMILES string of the molecule is Nc1nn2c(c1C(=O)NC1CNCC(F)C1N1CCN(C(=O)C3CNC3)CC1)NCC(F)C2. The van der Waals surface area contributed by atoms with E-state index in [0.717, 1.165) is 13.1 Å². The lowest BCUT2D eigenvalue weighted by atomic mass is 9.95. The summed E-state index contributed by atoms with van der Waals surface area (Å²) in [5, 5.41) is 16.0. The average molecular weight is 468 g/mol. The largest absolute Gasteiger partial charge is 0.381 e. The summed E-state index contributed by atoms with van der Waals surface area (Å²) in [6, 6.07) is -1.01. The molecule has 3 saturated heterocycles. The summed E-state index contributed by atoms with van der Waals surface area (Å²) in [5.41, 5.74) is 6.12. The second-order valence-corrected chi connectivity index (χ2v) is 9.23. The molecule has 4 aliphatic heterocycles. The van der Waals surface area contributed by atoms with Crippen LogP contribution in [-0.4, -0.2) is 115 Å². The van der Waals surface area contributed by atoms with Crippen LogP contribution in [0.25, 0.3) is 0 Å². The normalized spacial score (nSPS) is 30.8. The van der Waals surface area contributed by atoms with Crippen LogP contribution >= 0.6 is 0 Å². The number of piperazine rings is 1. The van der Waals surface area contributed by atoms with E-state index >= 15 is 4.39 Å². The first-order valence-electron chi connectivity index (χ1n) is 11.6. The maximum Gasteiger partial charge on any atom is 0.259 e. The van der Waals surface area contributed by atoms with Gasteiger partial charge in [-0.05, 0) is 0 Å². The minimum absolute atomic E-state index is 0.0128. The number of aromatic nitrogens is 2. The van der Waals surface area contributed by atoms with E-state index in [1.54, 1.807) is 0 Å². The number of hydrogen-bond acceptors (Lipinski definition) is 8. The molecule has 5 heterocycles. The second-order valence-electron chi connectivity index (χ2n) is 9.23. The van der Waals surface area contributed by atoms with Crippen LogP contribution in [0.15, 0.2) is 0 Å². The topological polar surface area (TPSA) is 133 Å². The fourth-order valence-electron chi connectivity index (χ4n) is 5.17. The number of amides is 2. The lowest BCUT2D eigenvalue weighted by Crippen LogP contribution is -2.67. The molecule has 3 fully saturated rings. The molecule has 4 atom stereocenters. The highest BCUT2D eigenvalue weighted by Crippen LogP contribution is 2.27. The average Bonchev–Trinajstić information content (AvgIpc) is 3.07. The maximum atomic E-state index is 15.1.